The molecule has 2 aliphatic rings. The largest absolute Gasteiger partial charge is 0.489 e. The number of halogens is 2. The molecule has 27 heavy (non-hydrogen) atoms. The van der Waals surface area contributed by atoms with Crippen LogP contribution in [0.3, 0.4) is 0 Å². The van der Waals surface area contributed by atoms with Crippen LogP contribution in [0.5, 0.6) is 5.75 Å². The van der Waals surface area contributed by atoms with Crippen LogP contribution in [-0.2, 0) is 16.2 Å². The molecule has 0 radical (unpaired) electrons. The Bertz CT molecular complexity index is 927. The quantitative estimate of drug-likeness (QED) is 0.710. The highest BCUT2D eigenvalue weighted by molar-refractivity contribution is 6.34. The number of carbonyl (C=O) groups is 2. The molecule has 2 amide bonds. The predicted molar refractivity (Wildman–Crippen MR) is 100 cm³/mol. The second-order valence-corrected chi connectivity index (χ2v) is 7.01. The summed E-state index contributed by atoms with van der Waals surface area (Å²) in [5.41, 5.74) is 1.46. The van der Waals surface area contributed by atoms with Gasteiger partial charge < -0.3 is 4.74 Å². The number of hydrogen-bond donors (Lipinski definition) is 0. The van der Waals surface area contributed by atoms with Gasteiger partial charge in [-0.1, -0.05) is 29.8 Å². The van der Waals surface area contributed by atoms with Gasteiger partial charge in [-0.15, -0.1) is 0 Å². The third kappa shape index (κ3) is 3.23. The Balaban J connectivity index is 1.64. The highest BCUT2D eigenvalue weighted by atomic mass is 35.5. The van der Waals surface area contributed by atoms with Crippen LogP contribution in [-0.4, -0.2) is 11.8 Å². The van der Waals surface area contributed by atoms with Crippen LogP contribution in [0.25, 0.3) is 0 Å². The van der Waals surface area contributed by atoms with Gasteiger partial charge in [0.15, 0.2) is 0 Å². The minimum Gasteiger partial charge on any atom is -0.489 e. The maximum atomic E-state index is 14.6. The summed E-state index contributed by atoms with van der Waals surface area (Å²) >= 11 is 6.15. The van der Waals surface area contributed by atoms with Crippen LogP contribution >= 0.6 is 11.6 Å². The Kier molecular flexibility index (Phi) is 4.70. The summed E-state index contributed by atoms with van der Waals surface area (Å²) in [6.07, 6.45) is 2.86. The zero-order valence-corrected chi connectivity index (χ0v) is 15.3. The SMILES string of the molecule is O=C1C2=C(CCCC2)C(=O)N1c1cc(COc2ccccc2)c(Cl)cc1F. The average Bonchev–Trinajstić information content (AvgIpc) is 2.93. The van der Waals surface area contributed by atoms with Gasteiger partial charge in [-0.05, 0) is 49.9 Å². The summed E-state index contributed by atoms with van der Waals surface area (Å²) in [4.78, 5) is 26.3. The first-order chi connectivity index (χ1) is 13.1. The van der Waals surface area contributed by atoms with E-state index in [1.54, 1.807) is 12.1 Å². The minimum atomic E-state index is -0.704. The molecule has 0 bridgehead atoms. The molecule has 0 spiro atoms. The van der Waals surface area contributed by atoms with Gasteiger partial charge in [0.1, 0.15) is 18.2 Å². The van der Waals surface area contributed by atoms with Crippen LogP contribution < -0.4 is 9.64 Å². The third-order valence-electron chi connectivity index (χ3n) is 4.88. The average molecular weight is 386 g/mol. The van der Waals surface area contributed by atoms with Crippen LogP contribution in [0.15, 0.2) is 53.6 Å². The van der Waals surface area contributed by atoms with Crippen molar-refractivity contribution in [2.45, 2.75) is 32.3 Å². The molecule has 2 aromatic carbocycles. The second-order valence-electron chi connectivity index (χ2n) is 6.61. The van der Waals surface area contributed by atoms with Crippen LogP contribution in [0.1, 0.15) is 31.2 Å². The third-order valence-corrected chi connectivity index (χ3v) is 5.24. The molecule has 0 fully saturated rings. The molecule has 4 rings (SSSR count). The first-order valence-corrected chi connectivity index (χ1v) is 9.20. The van der Waals surface area contributed by atoms with Crippen LogP contribution in [0.2, 0.25) is 5.02 Å². The van der Waals surface area contributed by atoms with E-state index in [0.29, 0.717) is 35.3 Å². The molecule has 0 N–H and O–H groups in total. The Morgan fingerprint density at radius 1 is 1.00 bits per heavy atom. The van der Waals surface area contributed by atoms with Crippen molar-refractivity contribution < 1.29 is 18.7 Å². The lowest BCUT2D eigenvalue weighted by Crippen LogP contribution is -2.32. The molecule has 1 aliphatic heterocycles. The Labute approximate surface area is 161 Å². The van der Waals surface area contributed by atoms with Gasteiger partial charge in [0.05, 0.1) is 10.7 Å². The van der Waals surface area contributed by atoms with Crippen molar-refractivity contribution in [2.75, 3.05) is 4.90 Å². The van der Waals surface area contributed by atoms with Crippen molar-refractivity contribution in [1.29, 1.82) is 0 Å². The molecular weight excluding hydrogens is 369 g/mol. The fourth-order valence-corrected chi connectivity index (χ4v) is 3.70. The van der Waals surface area contributed by atoms with Gasteiger partial charge in [-0.3, -0.25) is 9.59 Å². The summed E-state index contributed by atoms with van der Waals surface area (Å²) < 4.78 is 20.3. The summed E-state index contributed by atoms with van der Waals surface area (Å²) in [5.74, 6) is -0.911. The lowest BCUT2D eigenvalue weighted by atomic mass is 9.93. The summed E-state index contributed by atoms with van der Waals surface area (Å²) in [7, 11) is 0. The highest BCUT2D eigenvalue weighted by Crippen LogP contribution is 2.38. The molecule has 0 unspecified atom stereocenters. The van der Waals surface area contributed by atoms with Crippen molar-refractivity contribution >= 4 is 29.1 Å². The van der Waals surface area contributed by atoms with Gasteiger partial charge in [0, 0.05) is 16.7 Å². The number of para-hydroxylation sites is 1. The van der Waals surface area contributed by atoms with E-state index in [0.717, 1.165) is 23.8 Å². The molecule has 0 atom stereocenters. The molecular formula is C21H17ClFNO3. The zero-order chi connectivity index (χ0) is 19.0. The fourth-order valence-electron chi connectivity index (χ4n) is 3.50. The van der Waals surface area contributed by atoms with E-state index in [-0.39, 0.29) is 17.3 Å². The summed E-state index contributed by atoms with van der Waals surface area (Å²) in [6, 6.07) is 11.7. The van der Waals surface area contributed by atoms with Crippen molar-refractivity contribution in [3.05, 3.63) is 70.0 Å². The first-order valence-electron chi connectivity index (χ1n) is 8.83. The van der Waals surface area contributed by atoms with Gasteiger partial charge in [-0.2, -0.15) is 0 Å². The highest BCUT2D eigenvalue weighted by Gasteiger charge is 2.40. The molecule has 2 aromatic rings. The minimum absolute atomic E-state index is 0.0736. The lowest BCUT2D eigenvalue weighted by molar-refractivity contribution is -0.120. The number of benzene rings is 2. The van der Waals surface area contributed by atoms with E-state index >= 15 is 0 Å². The number of nitrogens with zero attached hydrogens (tertiary/aromatic N) is 1. The van der Waals surface area contributed by atoms with Crippen LogP contribution in [0.4, 0.5) is 10.1 Å². The standard InChI is InChI=1S/C21H17ClFNO3/c22-17-11-18(23)19(10-13(17)12-27-14-6-2-1-3-7-14)24-20(25)15-8-4-5-9-16(15)21(24)26/h1-3,6-7,10-11H,4-5,8-9,12H2. The fraction of sp³-hybridized carbons (Fsp3) is 0.238. The van der Waals surface area contributed by atoms with Gasteiger partial charge >= 0.3 is 0 Å². The number of imide groups is 1. The first kappa shape index (κ1) is 17.7. The topological polar surface area (TPSA) is 46.6 Å². The Hall–Kier alpha value is -2.66. The zero-order valence-electron chi connectivity index (χ0n) is 14.5. The lowest BCUT2D eigenvalue weighted by Gasteiger charge is -2.18. The van der Waals surface area contributed by atoms with E-state index in [9.17, 15) is 14.0 Å². The van der Waals surface area contributed by atoms with Gasteiger partial charge in [-0.25, -0.2) is 9.29 Å². The maximum Gasteiger partial charge on any atom is 0.261 e. The molecule has 4 nitrogen and oxygen atoms in total. The van der Waals surface area contributed by atoms with Gasteiger partial charge in [0.25, 0.3) is 11.8 Å². The molecule has 0 saturated carbocycles. The van der Waals surface area contributed by atoms with Crippen molar-refractivity contribution in [3.63, 3.8) is 0 Å². The Morgan fingerprint density at radius 2 is 1.63 bits per heavy atom. The molecule has 0 aromatic heterocycles. The monoisotopic (exact) mass is 385 g/mol. The number of carbonyl (C=O) groups excluding carboxylic acids is 2. The van der Waals surface area contributed by atoms with E-state index in [2.05, 4.69) is 0 Å². The number of amides is 2. The second kappa shape index (κ2) is 7.16. The number of anilines is 1. The van der Waals surface area contributed by atoms with Gasteiger partial charge in [0.2, 0.25) is 0 Å². The van der Waals surface area contributed by atoms with E-state index in [1.807, 2.05) is 18.2 Å². The maximum absolute atomic E-state index is 14.6. The molecule has 6 heteroatoms. The molecule has 1 aliphatic carbocycles. The number of ether oxygens (including phenoxy) is 1. The molecule has 0 saturated heterocycles. The van der Waals surface area contributed by atoms with E-state index in [1.165, 1.54) is 6.07 Å². The van der Waals surface area contributed by atoms with Crippen molar-refractivity contribution in [1.82, 2.24) is 0 Å². The van der Waals surface area contributed by atoms with E-state index < -0.39 is 17.6 Å². The normalized spacial score (nSPS) is 16.7. The smallest absolute Gasteiger partial charge is 0.261 e. The van der Waals surface area contributed by atoms with Crippen molar-refractivity contribution in [3.8, 4) is 5.75 Å². The number of rotatable bonds is 4. The van der Waals surface area contributed by atoms with Crippen molar-refractivity contribution in [2.24, 2.45) is 0 Å². The summed E-state index contributed by atoms with van der Waals surface area (Å²) in [6.45, 7) is 0.0967. The van der Waals surface area contributed by atoms with E-state index in [4.69, 9.17) is 16.3 Å². The molecule has 138 valence electrons. The Morgan fingerprint density at radius 3 is 2.26 bits per heavy atom. The number of hydrogen-bond acceptors (Lipinski definition) is 3. The predicted octanol–water partition coefficient (Wildman–Crippen LogP) is 4.80. The molecule has 1 heterocycles. The summed E-state index contributed by atoms with van der Waals surface area (Å²) in [5, 5.41) is 0.184. The van der Waals surface area contributed by atoms with Crippen LogP contribution in [0, 0.1) is 5.82 Å².